The van der Waals surface area contributed by atoms with E-state index in [9.17, 15) is 8.78 Å². The molecule has 0 aromatic carbocycles. The van der Waals surface area contributed by atoms with Crippen LogP contribution in [0.25, 0.3) is 0 Å². The second-order valence-corrected chi connectivity index (χ2v) is 1.94. The monoisotopic (exact) mass is 159 g/mol. The van der Waals surface area contributed by atoms with Crippen LogP contribution in [0.15, 0.2) is 12.4 Å². The average Bonchev–Trinajstić information content (AvgIpc) is 2.05. The van der Waals surface area contributed by atoms with Gasteiger partial charge in [-0.1, -0.05) is 0 Å². The summed E-state index contributed by atoms with van der Waals surface area (Å²) < 4.78 is 23.8. The van der Waals surface area contributed by atoms with Crippen molar-refractivity contribution in [1.29, 1.82) is 0 Å². The molecule has 11 heavy (non-hydrogen) atoms. The molecule has 0 radical (unpaired) electrons. The van der Waals surface area contributed by atoms with Gasteiger partial charge in [-0.25, -0.2) is 18.7 Å². The van der Waals surface area contributed by atoms with Gasteiger partial charge in [-0.3, -0.25) is 0 Å². The summed E-state index contributed by atoms with van der Waals surface area (Å²) in [5.41, 5.74) is 4.98. The SMILES string of the molecule is NCc1ncc(C(F)F)cn1. The molecule has 0 spiro atoms. The number of alkyl halides is 2. The Labute approximate surface area is 62.3 Å². The van der Waals surface area contributed by atoms with Crippen LogP contribution in [0.2, 0.25) is 0 Å². The molecule has 0 aliphatic heterocycles. The highest BCUT2D eigenvalue weighted by molar-refractivity contribution is 5.06. The maximum Gasteiger partial charge on any atom is 0.266 e. The Hall–Kier alpha value is -1.10. The average molecular weight is 159 g/mol. The molecule has 1 rings (SSSR count). The minimum Gasteiger partial charge on any atom is -0.324 e. The molecular weight excluding hydrogens is 152 g/mol. The molecule has 1 aromatic rings. The minimum atomic E-state index is -2.51. The number of nitrogens with zero attached hydrogens (tertiary/aromatic N) is 2. The highest BCUT2D eigenvalue weighted by Gasteiger charge is 2.06. The lowest BCUT2D eigenvalue weighted by molar-refractivity contribution is 0.150. The highest BCUT2D eigenvalue weighted by atomic mass is 19.3. The van der Waals surface area contributed by atoms with Crippen molar-refractivity contribution in [3.05, 3.63) is 23.8 Å². The summed E-state index contributed by atoms with van der Waals surface area (Å²) in [6.07, 6.45) is -0.346. The number of rotatable bonds is 2. The minimum absolute atomic E-state index is 0.170. The first-order valence-electron chi connectivity index (χ1n) is 3.03. The van der Waals surface area contributed by atoms with Crippen molar-refractivity contribution in [2.45, 2.75) is 13.0 Å². The lowest BCUT2D eigenvalue weighted by Gasteiger charge is -1.98. The molecule has 0 saturated carbocycles. The standard InChI is InChI=1S/C6H7F2N3/c7-6(8)4-2-10-5(1-9)11-3-4/h2-3,6H,1,9H2. The van der Waals surface area contributed by atoms with E-state index < -0.39 is 6.43 Å². The van der Waals surface area contributed by atoms with E-state index in [2.05, 4.69) is 9.97 Å². The molecule has 0 unspecified atom stereocenters. The molecule has 60 valence electrons. The molecule has 0 aliphatic carbocycles. The fraction of sp³-hybridized carbons (Fsp3) is 0.333. The largest absolute Gasteiger partial charge is 0.324 e. The fourth-order valence-corrected chi connectivity index (χ4v) is 0.583. The van der Waals surface area contributed by atoms with Crippen molar-refractivity contribution in [2.24, 2.45) is 5.73 Å². The van der Waals surface area contributed by atoms with Crippen LogP contribution in [-0.2, 0) is 6.54 Å². The summed E-state index contributed by atoms with van der Waals surface area (Å²) in [6.45, 7) is 0.170. The second kappa shape index (κ2) is 3.34. The van der Waals surface area contributed by atoms with Crippen LogP contribution in [0.3, 0.4) is 0 Å². The molecular formula is C6H7F2N3. The number of hydrogen-bond donors (Lipinski definition) is 1. The summed E-state index contributed by atoms with van der Waals surface area (Å²) in [5, 5.41) is 0. The van der Waals surface area contributed by atoms with Crippen molar-refractivity contribution in [3.63, 3.8) is 0 Å². The van der Waals surface area contributed by atoms with Crippen LogP contribution in [0, 0.1) is 0 Å². The number of halogens is 2. The fourth-order valence-electron chi connectivity index (χ4n) is 0.583. The number of aromatic nitrogens is 2. The van der Waals surface area contributed by atoms with Gasteiger partial charge in [0.25, 0.3) is 6.43 Å². The molecule has 0 aliphatic rings. The van der Waals surface area contributed by atoms with E-state index >= 15 is 0 Å². The second-order valence-electron chi connectivity index (χ2n) is 1.94. The van der Waals surface area contributed by atoms with Gasteiger partial charge < -0.3 is 5.73 Å². The van der Waals surface area contributed by atoms with E-state index in [-0.39, 0.29) is 12.1 Å². The van der Waals surface area contributed by atoms with E-state index in [1.54, 1.807) is 0 Å². The number of nitrogens with two attached hydrogens (primary N) is 1. The van der Waals surface area contributed by atoms with Gasteiger partial charge in [-0.05, 0) is 0 Å². The Morgan fingerprint density at radius 2 is 1.91 bits per heavy atom. The van der Waals surface area contributed by atoms with Gasteiger partial charge in [0.1, 0.15) is 5.82 Å². The van der Waals surface area contributed by atoms with Crippen molar-refractivity contribution in [2.75, 3.05) is 0 Å². The molecule has 0 bridgehead atoms. The first-order chi connectivity index (χ1) is 5.24. The zero-order valence-corrected chi connectivity index (χ0v) is 5.67. The molecule has 5 heteroatoms. The molecule has 0 atom stereocenters. The molecule has 1 heterocycles. The Balaban J connectivity index is 2.83. The Morgan fingerprint density at radius 3 is 2.27 bits per heavy atom. The molecule has 2 N–H and O–H groups in total. The number of hydrogen-bond acceptors (Lipinski definition) is 3. The first kappa shape index (κ1) is 8.00. The van der Waals surface area contributed by atoms with E-state index in [1.165, 1.54) is 0 Å². The summed E-state index contributed by atoms with van der Waals surface area (Å²) in [6, 6.07) is 0. The van der Waals surface area contributed by atoms with Crippen molar-refractivity contribution < 1.29 is 8.78 Å². The predicted molar refractivity (Wildman–Crippen MR) is 34.9 cm³/mol. The third kappa shape index (κ3) is 1.91. The van der Waals surface area contributed by atoms with Crippen LogP contribution < -0.4 is 5.73 Å². The Kier molecular flexibility index (Phi) is 2.43. The van der Waals surface area contributed by atoms with Gasteiger partial charge in [-0.2, -0.15) is 0 Å². The third-order valence-electron chi connectivity index (χ3n) is 1.16. The molecule has 1 aromatic heterocycles. The van der Waals surface area contributed by atoms with Gasteiger partial charge in [-0.15, -0.1) is 0 Å². The first-order valence-corrected chi connectivity index (χ1v) is 3.03. The van der Waals surface area contributed by atoms with Crippen LogP contribution in [0.1, 0.15) is 17.8 Å². The van der Waals surface area contributed by atoms with Gasteiger partial charge in [0.05, 0.1) is 12.1 Å². The molecule has 3 nitrogen and oxygen atoms in total. The topological polar surface area (TPSA) is 51.8 Å². The summed E-state index contributed by atoms with van der Waals surface area (Å²) in [5.74, 6) is 0.370. The van der Waals surface area contributed by atoms with Crippen LogP contribution in [0.4, 0.5) is 8.78 Å². The molecule has 0 amide bonds. The van der Waals surface area contributed by atoms with E-state index in [0.29, 0.717) is 5.82 Å². The van der Waals surface area contributed by atoms with Crippen molar-refractivity contribution in [3.8, 4) is 0 Å². The summed E-state index contributed by atoms with van der Waals surface area (Å²) in [4.78, 5) is 7.20. The van der Waals surface area contributed by atoms with Gasteiger partial charge in [0, 0.05) is 12.4 Å². The van der Waals surface area contributed by atoms with Crippen LogP contribution >= 0.6 is 0 Å². The summed E-state index contributed by atoms with van der Waals surface area (Å²) >= 11 is 0. The Morgan fingerprint density at radius 1 is 1.36 bits per heavy atom. The van der Waals surface area contributed by atoms with Crippen LogP contribution in [-0.4, -0.2) is 9.97 Å². The summed E-state index contributed by atoms with van der Waals surface area (Å²) in [7, 11) is 0. The zero-order chi connectivity index (χ0) is 8.27. The molecule has 0 saturated heterocycles. The van der Waals surface area contributed by atoms with Gasteiger partial charge in [0.2, 0.25) is 0 Å². The normalized spacial score (nSPS) is 10.5. The van der Waals surface area contributed by atoms with Crippen LogP contribution in [0.5, 0.6) is 0 Å². The highest BCUT2D eigenvalue weighted by Crippen LogP contribution is 2.15. The van der Waals surface area contributed by atoms with Gasteiger partial charge in [0.15, 0.2) is 0 Å². The smallest absolute Gasteiger partial charge is 0.266 e. The maximum atomic E-state index is 11.9. The third-order valence-corrected chi connectivity index (χ3v) is 1.16. The van der Waals surface area contributed by atoms with E-state index in [1.807, 2.05) is 0 Å². The van der Waals surface area contributed by atoms with Crippen molar-refractivity contribution >= 4 is 0 Å². The predicted octanol–water partition coefficient (Wildman–Crippen LogP) is 0.873. The van der Waals surface area contributed by atoms with E-state index in [4.69, 9.17) is 5.73 Å². The Bertz CT molecular complexity index is 222. The quantitative estimate of drug-likeness (QED) is 0.696. The van der Waals surface area contributed by atoms with Gasteiger partial charge >= 0.3 is 0 Å². The lowest BCUT2D eigenvalue weighted by atomic mass is 10.3. The maximum absolute atomic E-state index is 11.9. The molecule has 0 fully saturated rings. The van der Waals surface area contributed by atoms with Crippen molar-refractivity contribution in [1.82, 2.24) is 9.97 Å². The lowest BCUT2D eigenvalue weighted by Crippen LogP contribution is -2.03. The van der Waals surface area contributed by atoms with E-state index in [0.717, 1.165) is 12.4 Å². The zero-order valence-electron chi connectivity index (χ0n) is 5.67.